The van der Waals surface area contributed by atoms with E-state index < -0.39 is 0 Å². The van der Waals surface area contributed by atoms with E-state index in [2.05, 4.69) is 40.6 Å². The first-order valence-electron chi connectivity index (χ1n) is 7.55. The number of amides is 1. The SMILES string of the molecule is Cc1ccc(-c2cc(C(=O)N/N=C\c3sccc3C)[nH]n2)cc1C. The Morgan fingerprint density at radius 1 is 1.17 bits per heavy atom. The molecule has 0 aliphatic carbocycles. The van der Waals surface area contributed by atoms with Crippen molar-refractivity contribution in [3.8, 4) is 11.3 Å². The van der Waals surface area contributed by atoms with Gasteiger partial charge in [-0.25, -0.2) is 5.43 Å². The number of thiophene rings is 1. The average molecular weight is 338 g/mol. The number of hydrogen-bond donors (Lipinski definition) is 2. The van der Waals surface area contributed by atoms with Crippen molar-refractivity contribution in [3.05, 3.63) is 63.0 Å². The number of H-pyrrole nitrogens is 1. The van der Waals surface area contributed by atoms with Crippen LogP contribution in [0.4, 0.5) is 0 Å². The van der Waals surface area contributed by atoms with Crippen molar-refractivity contribution in [3.63, 3.8) is 0 Å². The minimum atomic E-state index is -0.317. The normalized spacial score (nSPS) is 11.1. The van der Waals surface area contributed by atoms with E-state index in [1.54, 1.807) is 23.6 Å². The maximum atomic E-state index is 12.1. The van der Waals surface area contributed by atoms with Crippen molar-refractivity contribution in [1.82, 2.24) is 15.6 Å². The molecule has 1 amide bonds. The lowest BCUT2D eigenvalue weighted by Gasteiger charge is -2.01. The summed E-state index contributed by atoms with van der Waals surface area (Å²) in [4.78, 5) is 13.2. The van der Waals surface area contributed by atoms with Crippen LogP contribution in [0, 0.1) is 20.8 Å². The minimum Gasteiger partial charge on any atom is -0.272 e. The topological polar surface area (TPSA) is 70.1 Å². The summed E-state index contributed by atoms with van der Waals surface area (Å²) in [6.07, 6.45) is 1.65. The molecule has 0 bridgehead atoms. The molecule has 0 aliphatic heterocycles. The summed E-state index contributed by atoms with van der Waals surface area (Å²) in [5.41, 5.74) is 8.16. The zero-order chi connectivity index (χ0) is 17.1. The van der Waals surface area contributed by atoms with Gasteiger partial charge in [0, 0.05) is 10.4 Å². The predicted molar refractivity (Wildman–Crippen MR) is 97.6 cm³/mol. The predicted octanol–water partition coefficient (Wildman–Crippen LogP) is 3.83. The zero-order valence-electron chi connectivity index (χ0n) is 13.8. The summed E-state index contributed by atoms with van der Waals surface area (Å²) in [6.45, 7) is 6.13. The molecule has 0 saturated heterocycles. The quantitative estimate of drug-likeness (QED) is 0.561. The van der Waals surface area contributed by atoms with Crippen LogP contribution in [-0.2, 0) is 0 Å². The molecule has 2 N–H and O–H groups in total. The van der Waals surface area contributed by atoms with Gasteiger partial charge in [-0.1, -0.05) is 12.1 Å². The molecule has 122 valence electrons. The lowest BCUT2D eigenvalue weighted by atomic mass is 10.0. The number of hydrazone groups is 1. The van der Waals surface area contributed by atoms with Gasteiger partial charge in [-0.2, -0.15) is 10.2 Å². The largest absolute Gasteiger partial charge is 0.289 e. The molecule has 5 nitrogen and oxygen atoms in total. The number of aromatic amines is 1. The molecule has 0 spiro atoms. The Kier molecular flexibility index (Phi) is 4.57. The number of nitrogens with zero attached hydrogens (tertiary/aromatic N) is 2. The summed E-state index contributed by atoms with van der Waals surface area (Å²) >= 11 is 1.58. The smallest absolute Gasteiger partial charge is 0.272 e. The Balaban J connectivity index is 1.70. The number of carbonyl (C=O) groups excluding carboxylic acids is 1. The molecule has 24 heavy (non-hydrogen) atoms. The van der Waals surface area contributed by atoms with Crippen LogP contribution in [0.1, 0.15) is 32.1 Å². The van der Waals surface area contributed by atoms with Crippen LogP contribution in [-0.4, -0.2) is 22.3 Å². The number of carbonyl (C=O) groups is 1. The third-order valence-electron chi connectivity index (χ3n) is 3.87. The summed E-state index contributed by atoms with van der Waals surface area (Å²) in [5.74, 6) is -0.317. The fourth-order valence-corrected chi connectivity index (χ4v) is 3.00. The van der Waals surface area contributed by atoms with E-state index in [-0.39, 0.29) is 5.91 Å². The lowest BCUT2D eigenvalue weighted by molar-refractivity contribution is 0.0950. The highest BCUT2D eigenvalue weighted by Gasteiger charge is 2.11. The van der Waals surface area contributed by atoms with Crippen LogP contribution >= 0.6 is 11.3 Å². The molecule has 0 radical (unpaired) electrons. The number of nitrogens with one attached hydrogen (secondary N) is 2. The molecule has 1 aromatic carbocycles. The highest BCUT2D eigenvalue weighted by Crippen LogP contribution is 2.20. The minimum absolute atomic E-state index is 0.317. The highest BCUT2D eigenvalue weighted by molar-refractivity contribution is 7.11. The van der Waals surface area contributed by atoms with E-state index in [0.717, 1.165) is 21.7 Å². The molecule has 2 aromatic heterocycles. The van der Waals surface area contributed by atoms with Gasteiger partial charge >= 0.3 is 0 Å². The average Bonchev–Trinajstić information content (AvgIpc) is 3.20. The lowest BCUT2D eigenvalue weighted by Crippen LogP contribution is -2.17. The number of rotatable bonds is 4. The van der Waals surface area contributed by atoms with Crippen LogP contribution in [0.15, 0.2) is 40.8 Å². The first-order valence-corrected chi connectivity index (χ1v) is 8.43. The number of aromatic nitrogens is 2. The Bertz CT molecular complexity index is 907. The van der Waals surface area contributed by atoms with Gasteiger partial charge in [-0.05, 0) is 61.0 Å². The molecular weight excluding hydrogens is 320 g/mol. The Hall–Kier alpha value is -2.73. The summed E-state index contributed by atoms with van der Waals surface area (Å²) in [7, 11) is 0. The third kappa shape index (κ3) is 3.44. The first-order chi connectivity index (χ1) is 11.5. The van der Waals surface area contributed by atoms with Crippen molar-refractivity contribution < 1.29 is 4.79 Å². The molecule has 6 heteroatoms. The van der Waals surface area contributed by atoms with Gasteiger partial charge in [0.2, 0.25) is 0 Å². The van der Waals surface area contributed by atoms with Crippen molar-refractivity contribution in [2.75, 3.05) is 0 Å². The fourth-order valence-electron chi connectivity index (χ4n) is 2.21. The van der Waals surface area contributed by atoms with E-state index in [1.165, 1.54) is 11.1 Å². The van der Waals surface area contributed by atoms with Crippen molar-refractivity contribution in [2.45, 2.75) is 20.8 Å². The van der Waals surface area contributed by atoms with Gasteiger partial charge in [-0.15, -0.1) is 11.3 Å². The molecule has 0 saturated carbocycles. The van der Waals surface area contributed by atoms with Crippen LogP contribution in [0.2, 0.25) is 0 Å². The van der Waals surface area contributed by atoms with Crippen molar-refractivity contribution >= 4 is 23.5 Å². The number of benzene rings is 1. The van der Waals surface area contributed by atoms with E-state index >= 15 is 0 Å². The van der Waals surface area contributed by atoms with Crippen LogP contribution in [0.3, 0.4) is 0 Å². The standard InChI is InChI=1S/C18H18N4OS/c1-11-4-5-14(8-13(11)3)15-9-16(21-20-15)18(23)22-19-10-17-12(2)6-7-24-17/h4-10H,1-3H3,(H,20,21)(H,22,23)/b19-10-. The Labute approximate surface area is 144 Å². The fraction of sp³-hybridized carbons (Fsp3) is 0.167. The molecule has 3 rings (SSSR count). The maximum absolute atomic E-state index is 12.1. The maximum Gasteiger partial charge on any atom is 0.289 e. The van der Waals surface area contributed by atoms with Gasteiger partial charge in [0.05, 0.1) is 11.9 Å². The molecular formula is C18H18N4OS. The van der Waals surface area contributed by atoms with E-state index in [9.17, 15) is 4.79 Å². The van der Waals surface area contributed by atoms with Crippen LogP contribution in [0.25, 0.3) is 11.3 Å². The van der Waals surface area contributed by atoms with Gasteiger partial charge in [0.1, 0.15) is 5.69 Å². The zero-order valence-corrected chi connectivity index (χ0v) is 14.6. The van der Waals surface area contributed by atoms with Gasteiger partial charge in [0.15, 0.2) is 0 Å². The van der Waals surface area contributed by atoms with Crippen LogP contribution in [0.5, 0.6) is 0 Å². The molecule has 0 unspecified atom stereocenters. The number of aryl methyl sites for hydroxylation is 3. The first kappa shape index (κ1) is 16.1. The summed E-state index contributed by atoms with van der Waals surface area (Å²) in [6, 6.07) is 9.85. The molecule has 0 atom stereocenters. The highest BCUT2D eigenvalue weighted by atomic mass is 32.1. The Morgan fingerprint density at radius 3 is 2.71 bits per heavy atom. The van der Waals surface area contributed by atoms with Gasteiger partial charge in [0.25, 0.3) is 5.91 Å². The second-order valence-electron chi connectivity index (χ2n) is 5.63. The van der Waals surface area contributed by atoms with Gasteiger partial charge < -0.3 is 0 Å². The summed E-state index contributed by atoms with van der Waals surface area (Å²) < 4.78 is 0. The third-order valence-corrected chi connectivity index (χ3v) is 4.83. The Morgan fingerprint density at radius 2 is 2.00 bits per heavy atom. The van der Waals surface area contributed by atoms with Crippen molar-refractivity contribution in [1.29, 1.82) is 0 Å². The van der Waals surface area contributed by atoms with Crippen LogP contribution < -0.4 is 5.43 Å². The van der Waals surface area contributed by atoms with Gasteiger partial charge in [-0.3, -0.25) is 9.89 Å². The molecule has 0 aliphatic rings. The van der Waals surface area contributed by atoms with E-state index in [4.69, 9.17) is 0 Å². The second kappa shape index (κ2) is 6.80. The molecule has 3 aromatic rings. The second-order valence-corrected chi connectivity index (χ2v) is 6.58. The summed E-state index contributed by atoms with van der Waals surface area (Å²) in [5, 5.41) is 13.0. The van der Waals surface area contributed by atoms with E-state index in [1.807, 2.05) is 30.5 Å². The monoisotopic (exact) mass is 338 g/mol. The van der Waals surface area contributed by atoms with E-state index in [0.29, 0.717) is 5.69 Å². The molecule has 2 heterocycles. The number of hydrogen-bond acceptors (Lipinski definition) is 4. The molecule has 0 fully saturated rings. The van der Waals surface area contributed by atoms with Crippen molar-refractivity contribution in [2.24, 2.45) is 5.10 Å².